The molecule has 0 bridgehead atoms. The summed E-state index contributed by atoms with van der Waals surface area (Å²) < 4.78 is 0. The lowest BCUT2D eigenvalue weighted by Gasteiger charge is -2.12. The van der Waals surface area contributed by atoms with Crippen molar-refractivity contribution < 1.29 is 14.7 Å². The average molecular weight is 212 g/mol. The van der Waals surface area contributed by atoms with Crippen LogP contribution in [0.3, 0.4) is 0 Å². The Bertz CT molecular complexity index is 276. The number of hydrogen-bond acceptors (Lipinski definition) is 2. The number of nitrogens with one attached hydrogen (secondary N) is 2. The Morgan fingerprint density at radius 1 is 1.00 bits per heavy atom. The van der Waals surface area contributed by atoms with Gasteiger partial charge in [0.05, 0.1) is 5.92 Å². The minimum atomic E-state index is -0.748. The van der Waals surface area contributed by atoms with Crippen LogP contribution >= 0.6 is 0 Å². The molecule has 2 saturated carbocycles. The van der Waals surface area contributed by atoms with Crippen molar-refractivity contribution in [1.29, 1.82) is 0 Å². The SMILES string of the molecule is O=C(NC1CC1)N[C@H]1CC[C@@H](C(=O)O)C1. The first-order chi connectivity index (χ1) is 7.15. The highest BCUT2D eigenvalue weighted by Gasteiger charge is 2.31. The molecule has 5 heteroatoms. The first-order valence-corrected chi connectivity index (χ1v) is 5.45. The summed E-state index contributed by atoms with van der Waals surface area (Å²) in [6, 6.07) is 0.236. The monoisotopic (exact) mass is 212 g/mol. The van der Waals surface area contributed by atoms with Crippen molar-refractivity contribution in [2.45, 2.75) is 44.2 Å². The molecule has 0 aliphatic heterocycles. The number of urea groups is 1. The van der Waals surface area contributed by atoms with Crippen LogP contribution in [0.15, 0.2) is 0 Å². The zero-order valence-corrected chi connectivity index (χ0v) is 8.53. The van der Waals surface area contributed by atoms with E-state index in [0.717, 1.165) is 19.3 Å². The zero-order valence-electron chi connectivity index (χ0n) is 8.53. The summed E-state index contributed by atoms with van der Waals surface area (Å²) in [5, 5.41) is 14.4. The lowest BCUT2D eigenvalue weighted by Crippen LogP contribution is -2.42. The number of aliphatic carboxylic acids is 1. The molecule has 15 heavy (non-hydrogen) atoms. The maximum Gasteiger partial charge on any atom is 0.315 e. The van der Waals surface area contributed by atoms with Gasteiger partial charge in [-0.2, -0.15) is 0 Å². The quantitative estimate of drug-likeness (QED) is 0.644. The molecule has 5 nitrogen and oxygen atoms in total. The van der Waals surface area contributed by atoms with Gasteiger partial charge >= 0.3 is 12.0 Å². The number of amides is 2. The number of carbonyl (C=O) groups is 2. The summed E-state index contributed by atoms with van der Waals surface area (Å²) in [5.41, 5.74) is 0. The minimum Gasteiger partial charge on any atom is -0.481 e. The highest BCUT2D eigenvalue weighted by molar-refractivity contribution is 5.75. The molecular formula is C10H16N2O3. The molecule has 0 aromatic carbocycles. The lowest BCUT2D eigenvalue weighted by atomic mass is 10.1. The van der Waals surface area contributed by atoms with Gasteiger partial charge in [0.2, 0.25) is 0 Å². The molecule has 0 unspecified atom stereocenters. The van der Waals surface area contributed by atoms with E-state index >= 15 is 0 Å². The second-order valence-corrected chi connectivity index (χ2v) is 4.44. The van der Waals surface area contributed by atoms with Crippen molar-refractivity contribution in [2.75, 3.05) is 0 Å². The van der Waals surface area contributed by atoms with Crippen LogP contribution in [0.25, 0.3) is 0 Å². The number of carbonyl (C=O) groups excluding carboxylic acids is 1. The molecule has 0 radical (unpaired) electrons. The number of hydrogen-bond donors (Lipinski definition) is 3. The van der Waals surface area contributed by atoms with Gasteiger partial charge in [-0.3, -0.25) is 4.79 Å². The smallest absolute Gasteiger partial charge is 0.315 e. The van der Waals surface area contributed by atoms with Crippen LogP contribution < -0.4 is 10.6 Å². The van der Waals surface area contributed by atoms with E-state index in [2.05, 4.69) is 10.6 Å². The third kappa shape index (κ3) is 2.84. The molecule has 0 saturated heterocycles. The highest BCUT2D eigenvalue weighted by atomic mass is 16.4. The molecule has 0 aromatic rings. The molecular weight excluding hydrogens is 196 g/mol. The molecule has 0 aromatic heterocycles. The van der Waals surface area contributed by atoms with E-state index in [9.17, 15) is 9.59 Å². The van der Waals surface area contributed by atoms with Gasteiger partial charge in [0.25, 0.3) is 0 Å². The third-order valence-corrected chi connectivity index (χ3v) is 3.03. The van der Waals surface area contributed by atoms with E-state index in [1.54, 1.807) is 0 Å². The summed E-state index contributed by atoms with van der Waals surface area (Å²) in [5.74, 6) is -1.03. The van der Waals surface area contributed by atoms with Gasteiger partial charge in [0.1, 0.15) is 0 Å². The number of carboxylic acids is 1. The molecule has 0 heterocycles. The largest absolute Gasteiger partial charge is 0.481 e. The summed E-state index contributed by atoms with van der Waals surface area (Å²) in [6.07, 6.45) is 4.14. The van der Waals surface area contributed by atoms with Crippen molar-refractivity contribution in [3.05, 3.63) is 0 Å². The summed E-state index contributed by atoms with van der Waals surface area (Å²) in [6.45, 7) is 0. The van der Waals surface area contributed by atoms with Crippen LogP contribution in [0, 0.1) is 5.92 Å². The third-order valence-electron chi connectivity index (χ3n) is 3.03. The van der Waals surface area contributed by atoms with E-state index in [1.807, 2.05) is 0 Å². The normalized spacial score (nSPS) is 29.9. The Hall–Kier alpha value is -1.26. The maximum absolute atomic E-state index is 11.4. The van der Waals surface area contributed by atoms with Gasteiger partial charge in [0.15, 0.2) is 0 Å². The molecule has 2 aliphatic carbocycles. The fourth-order valence-electron chi connectivity index (χ4n) is 1.98. The first-order valence-electron chi connectivity index (χ1n) is 5.45. The predicted molar refractivity (Wildman–Crippen MR) is 53.5 cm³/mol. The topological polar surface area (TPSA) is 78.4 Å². The Labute approximate surface area is 88.2 Å². The van der Waals surface area contributed by atoms with E-state index in [0.29, 0.717) is 18.9 Å². The van der Waals surface area contributed by atoms with E-state index in [4.69, 9.17) is 5.11 Å². The molecule has 2 atom stereocenters. The van der Waals surface area contributed by atoms with Gasteiger partial charge in [-0.05, 0) is 32.1 Å². The minimum absolute atomic E-state index is 0.0323. The summed E-state index contributed by atoms with van der Waals surface area (Å²) in [4.78, 5) is 22.0. The lowest BCUT2D eigenvalue weighted by molar-refractivity contribution is -0.141. The Morgan fingerprint density at radius 2 is 1.60 bits per heavy atom. The van der Waals surface area contributed by atoms with Gasteiger partial charge in [-0.25, -0.2) is 4.79 Å². The van der Waals surface area contributed by atoms with E-state index in [1.165, 1.54) is 0 Å². The van der Waals surface area contributed by atoms with Crippen molar-refractivity contribution in [1.82, 2.24) is 10.6 Å². The van der Waals surface area contributed by atoms with Crippen LogP contribution in [0.4, 0.5) is 4.79 Å². The number of carboxylic acid groups (broad SMARTS) is 1. The average Bonchev–Trinajstić information content (AvgIpc) is 2.82. The highest BCUT2D eigenvalue weighted by Crippen LogP contribution is 2.25. The maximum atomic E-state index is 11.4. The van der Waals surface area contributed by atoms with Crippen LogP contribution in [-0.2, 0) is 4.79 Å². The molecule has 0 spiro atoms. The molecule has 3 N–H and O–H groups in total. The molecule has 2 amide bonds. The van der Waals surface area contributed by atoms with Crippen LogP contribution in [0.2, 0.25) is 0 Å². The van der Waals surface area contributed by atoms with E-state index < -0.39 is 5.97 Å². The van der Waals surface area contributed by atoms with Gasteiger partial charge in [-0.15, -0.1) is 0 Å². The van der Waals surface area contributed by atoms with E-state index in [-0.39, 0.29) is 18.0 Å². The zero-order chi connectivity index (χ0) is 10.8. The first kappa shape index (κ1) is 10.3. The van der Waals surface area contributed by atoms with Gasteiger partial charge in [-0.1, -0.05) is 0 Å². The van der Waals surface area contributed by atoms with Gasteiger partial charge in [0, 0.05) is 12.1 Å². The standard InChI is InChI=1S/C10H16N2O3/c13-9(14)6-1-2-8(5-6)12-10(15)11-7-3-4-7/h6-8H,1-5H2,(H,13,14)(H2,11,12,15)/t6-,8+/m1/s1. The fourth-order valence-corrected chi connectivity index (χ4v) is 1.98. The Morgan fingerprint density at radius 3 is 2.13 bits per heavy atom. The predicted octanol–water partition coefficient (Wildman–Crippen LogP) is 0.701. The number of rotatable bonds is 3. The van der Waals surface area contributed by atoms with Crippen LogP contribution in [0.1, 0.15) is 32.1 Å². The molecule has 84 valence electrons. The van der Waals surface area contributed by atoms with Crippen LogP contribution in [-0.4, -0.2) is 29.2 Å². The summed E-state index contributed by atoms with van der Waals surface area (Å²) >= 11 is 0. The van der Waals surface area contributed by atoms with Crippen molar-refractivity contribution in [3.63, 3.8) is 0 Å². The van der Waals surface area contributed by atoms with Crippen molar-refractivity contribution in [2.24, 2.45) is 5.92 Å². The Kier molecular flexibility index (Phi) is 2.79. The second-order valence-electron chi connectivity index (χ2n) is 4.44. The molecule has 2 fully saturated rings. The summed E-state index contributed by atoms with van der Waals surface area (Å²) in [7, 11) is 0. The van der Waals surface area contributed by atoms with Crippen LogP contribution in [0.5, 0.6) is 0 Å². The molecule has 2 aliphatic rings. The second kappa shape index (κ2) is 4.08. The van der Waals surface area contributed by atoms with Crippen molar-refractivity contribution in [3.8, 4) is 0 Å². The van der Waals surface area contributed by atoms with Crippen molar-refractivity contribution >= 4 is 12.0 Å². The van der Waals surface area contributed by atoms with Gasteiger partial charge < -0.3 is 15.7 Å². The Balaban J connectivity index is 1.71. The fraction of sp³-hybridized carbons (Fsp3) is 0.800. The molecule has 2 rings (SSSR count).